The molecule has 1 fully saturated rings. The van der Waals surface area contributed by atoms with Gasteiger partial charge in [0.25, 0.3) is 0 Å². The van der Waals surface area contributed by atoms with Crippen molar-refractivity contribution < 1.29 is 9.53 Å². The molecule has 5 nitrogen and oxygen atoms in total. The second-order valence-corrected chi connectivity index (χ2v) is 6.93. The normalized spacial score (nSPS) is 18.1. The van der Waals surface area contributed by atoms with E-state index in [0.29, 0.717) is 13.1 Å². The third-order valence-corrected chi connectivity index (χ3v) is 4.98. The number of rotatable bonds is 4. The van der Waals surface area contributed by atoms with Crippen LogP contribution >= 0.6 is 0 Å². The Labute approximate surface area is 148 Å². The molecule has 25 heavy (non-hydrogen) atoms. The van der Waals surface area contributed by atoms with Gasteiger partial charge in [-0.05, 0) is 60.0 Å². The van der Waals surface area contributed by atoms with Gasteiger partial charge < -0.3 is 15.0 Å². The van der Waals surface area contributed by atoms with E-state index in [-0.39, 0.29) is 12.2 Å². The third kappa shape index (κ3) is 2.74. The Morgan fingerprint density at radius 2 is 1.88 bits per heavy atom. The number of benzene rings is 2. The maximum Gasteiger partial charge on any atom is 0.414 e. The molecule has 0 bridgehead atoms. The Morgan fingerprint density at radius 1 is 1.16 bits per heavy atom. The first-order valence-corrected chi connectivity index (χ1v) is 8.63. The first-order chi connectivity index (χ1) is 12.1. The number of fused-ring (bicyclic) bond motifs is 3. The van der Waals surface area contributed by atoms with Gasteiger partial charge in [-0.25, -0.2) is 4.79 Å². The SMILES string of the molecule is CNCC1CN(c2ccc3c(c2)Cc2cc(N(C)C)ccc2-3)C(=O)O1. The monoisotopic (exact) mass is 337 g/mol. The van der Waals surface area contributed by atoms with Gasteiger partial charge in [-0.1, -0.05) is 12.1 Å². The van der Waals surface area contributed by atoms with Crippen molar-refractivity contribution in [1.29, 1.82) is 0 Å². The molecular formula is C20H23N3O2. The van der Waals surface area contributed by atoms with Crippen molar-refractivity contribution in [2.24, 2.45) is 0 Å². The summed E-state index contributed by atoms with van der Waals surface area (Å²) in [6, 6.07) is 12.9. The van der Waals surface area contributed by atoms with Gasteiger partial charge in [0.05, 0.1) is 6.54 Å². The maximum atomic E-state index is 12.2. The summed E-state index contributed by atoms with van der Waals surface area (Å²) in [6.07, 6.45) is 0.555. The number of anilines is 2. The number of likely N-dealkylation sites (N-methyl/N-ethyl adjacent to an activating group) is 1. The summed E-state index contributed by atoms with van der Waals surface area (Å²) in [5.41, 5.74) is 7.31. The Bertz CT molecular complexity index is 832. The molecule has 1 unspecified atom stereocenters. The lowest BCUT2D eigenvalue weighted by Crippen LogP contribution is -2.29. The number of ether oxygens (including phenoxy) is 1. The zero-order valence-electron chi connectivity index (χ0n) is 14.9. The molecule has 1 heterocycles. The van der Waals surface area contributed by atoms with Crippen molar-refractivity contribution in [3.8, 4) is 11.1 Å². The highest BCUT2D eigenvalue weighted by molar-refractivity contribution is 5.91. The van der Waals surface area contributed by atoms with E-state index in [1.807, 2.05) is 13.1 Å². The van der Waals surface area contributed by atoms with E-state index in [1.165, 1.54) is 27.9 Å². The molecule has 1 N–H and O–H groups in total. The number of carbonyl (C=O) groups excluding carboxylic acids is 1. The van der Waals surface area contributed by atoms with Crippen LogP contribution in [0.4, 0.5) is 16.2 Å². The predicted molar refractivity (Wildman–Crippen MR) is 101 cm³/mol. The van der Waals surface area contributed by atoms with Crippen molar-refractivity contribution in [2.75, 3.05) is 44.0 Å². The number of amides is 1. The Morgan fingerprint density at radius 3 is 2.60 bits per heavy atom. The van der Waals surface area contributed by atoms with Gasteiger partial charge in [-0.2, -0.15) is 0 Å². The van der Waals surface area contributed by atoms with E-state index in [4.69, 9.17) is 4.74 Å². The molecule has 0 saturated carbocycles. The average molecular weight is 337 g/mol. The fraction of sp³-hybridized carbons (Fsp3) is 0.350. The van der Waals surface area contributed by atoms with E-state index >= 15 is 0 Å². The number of nitrogens with one attached hydrogen (secondary N) is 1. The standard InChI is InChI=1S/C20H23N3O2/c1-21-11-17-12-23(20(24)25-17)16-5-7-19-14(10-16)8-13-9-15(22(2)3)4-6-18(13)19/h4-7,9-10,17,21H,8,11-12H2,1-3H3. The van der Waals surface area contributed by atoms with E-state index in [0.717, 1.165) is 12.1 Å². The molecule has 1 amide bonds. The van der Waals surface area contributed by atoms with Crippen LogP contribution in [0.5, 0.6) is 0 Å². The molecule has 0 aromatic heterocycles. The average Bonchev–Trinajstić information content (AvgIpc) is 3.13. The highest BCUT2D eigenvalue weighted by Gasteiger charge is 2.32. The highest BCUT2D eigenvalue weighted by atomic mass is 16.6. The quantitative estimate of drug-likeness (QED) is 0.795. The van der Waals surface area contributed by atoms with Crippen molar-refractivity contribution >= 4 is 17.5 Å². The van der Waals surface area contributed by atoms with Crippen LogP contribution in [0.15, 0.2) is 36.4 Å². The molecule has 1 aliphatic carbocycles. The summed E-state index contributed by atoms with van der Waals surface area (Å²) in [7, 11) is 5.98. The molecule has 0 spiro atoms. The second-order valence-electron chi connectivity index (χ2n) is 6.93. The topological polar surface area (TPSA) is 44.8 Å². The minimum absolute atomic E-state index is 0.0920. The van der Waals surface area contributed by atoms with Gasteiger partial charge in [-0.15, -0.1) is 0 Å². The highest BCUT2D eigenvalue weighted by Crippen LogP contribution is 2.40. The van der Waals surface area contributed by atoms with Crippen molar-refractivity contribution in [3.63, 3.8) is 0 Å². The lowest BCUT2D eigenvalue weighted by Gasteiger charge is -2.14. The van der Waals surface area contributed by atoms with Gasteiger partial charge >= 0.3 is 6.09 Å². The van der Waals surface area contributed by atoms with Gasteiger partial charge in [0.1, 0.15) is 6.10 Å². The Hall–Kier alpha value is -2.53. The van der Waals surface area contributed by atoms with Crippen LogP contribution in [0.3, 0.4) is 0 Å². The van der Waals surface area contributed by atoms with E-state index in [2.05, 4.69) is 54.6 Å². The van der Waals surface area contributed by atoms with Crippen LogP contribution in [0, 0.1) is 0 Å². The molecule has 1 saturated heterocycles. The lowest BCUT2D eigenvalue weighted by molar-refractivity contribution is 0.141. The third-order valence-electron chi connectivity index (χ3n) is 4.98. The van der Waals surface area contributed by atoms with Crippen LogP contribution < -0.4 is 15.1 Å². The number of cyclic esters (lactones) is 1. The smallest absolute Gasteiger partial charge is 0.414 e. The molecule has 130 valence electrons. The zero-order chi connectivity index (χ0) is 17.6. The predicted octanol–water partition coefficient (Wildman–Crippen LogP) is 2.87. The van der Waals surface area contributed by atoms with Crippen molar-refractivity contribution in [3.05, 3.63) is 47.5 Å². The van der Waals surface area contributed by atoms with Crippen LogP contribution in [0.2, 0.25) is 0 Å². The molecule has 5 heteroatoms. The summed E-state index contributed by atoms with van der Waals surface area (Å²) in [5, 5.41) is 3.06. The van der Waals surface area contributed by atoms with E-state index < -0.39 is 0 Å². The molecule has 0 radical (unpaired) electrons. The number of carbonyl (C=O) groups is 1. The van der Waals surface area contributed by atoms with Gasteiger partial charge in [0.2, 0.25) is 0 Å². The van der Waals surface area contributed by atoms with Crippen LogP contribution in [0.25, 0.3) is 11.1 Å². The molecular weight excluding hydrogens is 314 g/mol. The minimum atomic E-state index is -0.259. The summed E-state index contributed by atoms with van der Waals surface area (Å²) >= 11 is 0. The number of hydrogen-bond acceptors (Lipinski definition) is 4. The molecule has 1 aliphatic heterocycles. The summed E-state index contributed by atoms with van der Waals surface area (Å²) in [4.78, 5) is 16.0. The van der Waals surface area contributed by atoms with Crippen molar-refractivity contribution in [2.45, 2.75) is 12.5 Å². The molecule has 4 rings (SSSR count). The van der Waals surface area contributed by atoms with Crippen LogP contribution in [-0.4, -0.2) is 46.4 Å². The molecule has 2 aromatic rings. The fourth-order valence-electron chi connectivity index (χ4n) is 3.70. The Balaban J connectivity index is 1.62. The molecule has 2 aliphatic rings. The first kappa shape index (κ1) is 16.0. The van der Waals surface area contributed by atoms with Gasteiger partial charge in [0.15, 0.2) is 0 Å². The molecule has 2 aromatic carbocycles. The lowest BCUT2D eigenvalue weighted by atomic mass is 10.0. The Kier molecular flexibility index (Phi) is 3.88. The van der Waals surface area contributed by atoms with Gasteiger partial charge in [-0.3, -0.25) is 4.90 Å². The van der Waals surface area contributed by atoms with Gasteiger partial charge in [0, 0.05) is 32.0 Å². The first-order valence-electron chi connectivity index (χ1n) is 8.63. The van der Waals surface area contributed by atoms with Crippen molar-refractivity contribution in [1.82, 2.24) is 5.32 Å². The fourth-order valence-corrected chi connectivity index (χ4v) is 3.70. The summed E-state index contributed by atoms with van der Waals surface area (Å²) < 4.78 is 5.41. The minimum Gasteiger partial charge on any atom is -0.443 e. The van der Waals surface area contributed by atoms with E-state index in [9.17, 15) is 4.79 Å². The summed E-state index contributed by atoms with van der Waals surface area (Å²) in [5.74, 6) is 0. The van der Waals surface area contributed by atoms with Crippen LogP contribution in [-0.2, 0) is 11.2 Å². The summed E-state index contributed by atoms with van der Waals surface area (Å²) in [6.45, 7) is 1.27. The zero-order valence-corrected chi connectivity index (χ0v) is 14.9. The maximum absolute atomic E-state index is 12.2. The largest absolute Gasteiger partial charge is 0.443 e. The van der Waals surface area contributed by atoms with E-state index in [1.54, 1.807) is 4.90 Å². The van der Waals surface area contributed by atoms with Crippen LogP contribution in [0.1, 0.15) is 11.1 Å². The second kappa shape index (κ2) is 6.08. The molecule has 1 atom stereocenters. The number of nitrogens with zero attached hydrogens (tertiary/aromatic N) is 2. The number of hydrogen-bond donors (Lipinski definition) is 1.